The summed E-state index contributed by atoms with van der Waals surface area (Å²) in [4.78, 5) is 44.4. The molecule has 2 saturated carbocycles. The third-order valence-corrected chi connectivity index (χ3v) is 11.2. The molecule has 46 heavy (non-hydrogen) atoms. The van der Waals surface area contributed by atoms with Crippen LogP contribution in [0.2, 0.25) is 0 Å². The Morgan fingerprint density at radius 3 is 2.65 bits per heavy atom. The van der Waals surface area contributed by atoms with Gasteiger partial charge in [-0.1, -0.05) is 12.8 Å². The van der Waals surface area contributed by atoms with Gasteiger partial charge in [0.2, 0.25) is 5.91 Å². The highest BCUT2D eigenvalue weighted by Crippen LogP contribution is 2.48. The van der Waals surface area contributed by atoms with E-state index in [0.29, 0.717) is 49.9 Å². The number of aromatic nitrogens is 2. The molecule has 2 saturated heterocycles. The SMILES string of the molecule is CCN(C(=O)c1cc(F)ccc1N1CCN(C2CCCN(C(=O)[C@H]3N[C@H]4C[C@@H]3[C@H](F)[C@@H]4CC3CC3)CC2)c2ncncc21)C(C)C. The summed E-state index contributed by atoms with van der Waals surface area (Å²) >= 11 is 0. The molecular formula is C35H47F2N7O2. The van der Waals surface area contributed by atoms with Gasteiger partial charge >= 0.3 is 0 Å². The molecule has 248 valence electrons. The number of carbonyl (C=O) groups is 2. The average molecular weight is 636 g/mol. The zero-order chi connectivity index (χ0) is 32.1. The second kappa shape index (κ2) is 12.7. The molecule has 6 atom stereocenters. The second-order valence-corrected chi connectivity index (χ2v) is 14.3. The van der Waals surface area contributed by atoms with Crippen molar-refractivity contribution in [3.63, 3.8) is 0 Å². The molecule has 7 rings (SSSR count). The Labute approximate surface area is 270 Å². The van der Waals surface area contributed by atoms with Gasteiger partial charge < -0.3 is 24.9 Å². The molecule has 1 unspecified atom stereocenters. The average Bonchev–Trinajstić information content (AvgIpc) is 3.76. The highest BCUT2D eigenvalue weighted by molar-refractivity contribution is 6.01. The van der Waals surface area contributed by atoms with Crippen LogP contribution in [0.1, 0.15) is 76.1 Å². The fourth-order valence-electron chi connectivity index (χ4n) is 8.68. The Hall–Kier alpha value is -3.34. The molecule has 2 amide bonds. The van der Waals surface area contributed by atoms with Gasteiger partial charge in [-0.25, -0.2) is 18.7 Å². The Morgan fingerprint density at radius 2 is 1.91 bits per heavy atom. The van der Waals surface area contributed by atoms with E-state index in [1.807, 2.05) is 30.6 Å². The summed E-state index contributed by atoms with van der Waals surface area (Å²) in [5.41, 5.74) is 1.74. The van der Waals surface area contributed by atoms with E-state index in [9.17, 15) is 14.0 Å². The molecule has 5 aliphatic rings. The summed E-state index contributed by atoms with van der Waals surface area (Å²) in [5.74, 6) is 0.740. The van der Waals surface area contributed by atoms with Crippen molar-refractivity contribution in [1.82, 2.24) is 25.1 Å². The number of alkyl halides is 1. The van der Waals surface area contributed by atoms with Crippen molar-refractivity contribution in [2.45, 2.75) is 96.1 Å². The van der Waals surface area contributed by atoms with E-state index >= 15 is 4.39 Å². The number of nitrogens with one attached hydrogen (secondary N) is 1. The Morgan fingerprint density at radius 1 is 1.09 bits per heavy atom. The summed E-state index contributed by atoms with van der Waals surface area (Å²) in [5, 5.41) is 3.55. The fraction of sp³-hybridized carbons (Fsp3) is 0.657. The molecule has 2 aromatic rings. The lowest BCUT2D eigenvalue weighted by Gasteiger charge is -2.42. The minimum Gasteiger partial charge on any atom is -0.350 e. The molecule has 4 heterocycles. The lowest BCUT2D eigenvalue weighted by molar-refractivity contribution is -0.135. The van der Waals surface area contributed by atoms with Gasteiger partial charge in [-0.2, -0.15) is 0 Å². The van der Waals surface area contributed by atoms with Crippen LogP contribution in [0.25, 0.3) is 0 Å². The number of carbonyl (C=O) groups excluding carboxylic acids is 2. The molecule has 1 N–H and O–H groups in total. The van der Waals surface area contributed by atoms with Crippen LogP contribution in [0.3, 0.4) is 0 Å². The number of hydrogen-bond acceptors (Lipinski definition) is 7. The number of halogens is 2. The van der Waals surface area contributed by atoms with E-state index < -0.39 is 18.0 Å². The van der Waals surface area contributed by atoms with Crippen molar-refractivity contribution in [2.24, 2.45) is 17.8 Å². The predicted molar refractivity (Wildman–Crippen MR) is 173 cm³/mol. The van der Waals surface area contributed by atoms with Gasteiger partial charge in [-0.15, -0.1) is 0 Å². The zero-order valence-electron chi connectivity index (χ0n) is 27.2. The van der Waals surface area contributed by atoms with Crippen LogP contribution in [0.4, 0.5) is 26.0 Å². The minimum atomic E-state index is -0.875. The quantitative estimate of drug-likeness (QED) is 0.440. The summed E-state index contributed by atoms with van der Waals surface area (Å²) in [6, 6.07) is 4.28. The first-order chi connectivity index (χ1) is 22.2. The topological polar surface area (TPSA) is 84.9 Å². The number of hydrogen-bond donors (Lipinski definition) is 1. The molecule has 0 radical (unpaired) electrons. The number of anilines is 3. The standard InChI is InChI=1S/C35H47F2N7O2/c1-4-42(21(2)3)34(45)26-17-23(36)9-10-29(26)44-15-14-43(33-30(44)19-38-20-39-33)24-6-5-12-41(13-11-24)35(46)32-27-18-28(40-32)25(31(27)37)16-22-7-8-22/h9-10,17,19-22,24-25,27-28,31-32,40H,4-8,11-16,18H2,1-3H3/t24?,25-,27-,28+,31-,32+/m1/s1. The van der Waals surface area contributed by atoms with Crippen molar-refractivity contribution in [3.05, 3.63) is 42.1 Å². The molecule has 2 bridgehead atoms. The Balaban J connectivity index is 1.06. The zero-order valence-corrected chi connectivity index (χ0v) is 27.2. The number of amides is 2. The van der Waals surface area contributed by atoms with E-state index in [2.05, 4.69) is 15.2 Å². The van der Waals surface area contributed by atoms with Crippen LogP contribution in [0, 0.1) is 23.6 Å². The van der Waals surface area contributed by atoms with Gasteiger partial charge in [0.1, 0.15) is 24.0 Å². The number of benzene rings is 1. The molecule has 9 nitrogen and oxygen atoms in total. The third-order valence-electron chi connectivity index (χ3n) is 11.2. The van der Waals surface area contributed by atoms with E-state index in [1.54, 1.807) is 23.5 Å². The lowest BCUT2D eigenvalue weighted by atomic mass is 9.88. The smallest absolute Gasteiger partial charge is 0.256 e. The summed E-state index contributed by atoms with van der Waals surface area (Å²) in [6.07, 6.45) is 9.20. The highest BCUT2D eigenvalue weighted by Gasteiger charge is 2.56. The van der Waals surface area contributed by atoms with Gasteiger partial charge in [0.25, 0.3) is 5.91 Å². The van der Waals surface area contributed by atoms with E-state index in [4.69, 9.17) is 4.98 Å². The third kappa shape index (κ3) is 5.73. The van der Waals surface area contributed by atoms with Crippen LogP contribution in [-0.2, 0) is 4.79 Å². The van der Waals surface area contributed by atoms with E-state index in [0.717, 1.165) is 43.6 Å². The number of rotatable bonds is 8. The minimum absolute atomic E-state index is 0.0231. The summed E-state index contributed by atoms with van der Waals surface area (Å²) in [6.45, 7) is 8.91. The number of fused-ring (bicyclic) bond motifs is 3. The van der Waals surface area contributed by atoms with Crippen LogP contribution >= 0.6 is 0 Å². The molecule has 4 fully saturated rings. The summed E-state index contributed by atoms with van der Waals surface area (Å²) in [7, 11) is 0. The lowest BCUT2D eigenvalue weighted by Crippen LogP contribution is -2.55. The van der Waals surface area contributed by atoms with E-state index in [1.165, 1.54) is 25.0 Å². The summed E-state index contributed by atoms with van der Waals surface area (Å²) < 4.78 is 30.0. The maximum absolute atomic E-state index is 15.4. The maximum Gasteiger partial charge on any atom is 0.256 e. The van der Waals surface area contributed by atoms with Crippen LogP contribution in [0.5, 0.6) is 0 Å². The van der Waals surface area contributed by atoms with Gasteiger partial charge in [0, 0.05) is 62.7 Å². The molecule has 2 aliphatic carbocycles. The van der Waals surface area contributed by atoms with Crippen molar-refractivity contribution in [2.75, 3.05) is 42.5 Å². The van der Waals surface area contributed by atoms with Gasteiger partial charge in [-0.05, 0) is 77.0 Å². The van der Waals surface area contributed by atoms with E-state index in [-0.39, 0.29) is 41.8 Å². The van der Waals surface area contributed by atoms with Crippen molar-refractivity contribution in [3.8, 4) is 0 Å². The van der Waals surface area contributed by atoms with Gasteiger partial charge in [0.15, 0.2) is 5.82 Å². The van der Waals surface area contributed by atoms with Gasteiger partial charge in [0.05, 0.1) is 23.5 Å². The van der Waals surface area contributed by atoms with Crippen molar-refractivity contribution in [1.29, 1.82) is 0 Å². The number of nitrogens with zero attached hydrogens (tertiary/aromatic N) is 6. The number of likely N-dealkylation sites (tertiary alicyclic amines) is 1. The normalized spacial score (nSPS) is 29.2. The second-order valence-electron chi connectivity index (χ2n) is 14.3. The molecule has 1 aromatic heterocycles. The van der Waals surface area contributed by atoms with Gasteiger partial charge in [-0.3, -0.25) is 9.59 Å². The highest BCUT2D eigenvalue weighted by atomic mass is 19.1. The Kier molecular flexibility index (Phi) is 8.63. The molecule has 3 aliphatic heterocycles. The molecule has 11 heteroatoms. The maximum atomic E-state index is 15.4. The first-order valence-corrected chi connectivity index (χ1v) is 17.4. The van der Waals surface area contributed by atoms with Crippen LogP contribution in [-0.4, -0.2) is 94.6 Å². The first-order valence-electron chi connectivity index (χ1n) is 17.4. The Bertz CT molecular complexity index is 1450. The van der Waals surface area contributed by atoms with Crippen molar-refractivity contribution >= 4 is 29.0 Å². The van der Waals surface area contributed by atoms with Crippen LogP contribution < -0.4 is 15.1 Å². The van der Waals surface area contributed by atoms with Crippen molar-refractivity contribution < 1.29 is 18.4 Å². The first kappa shape index (κ1) is 31.3. The fourth-order valence-corrected chi connectivity index (χ4v) is 8.68. The molecule has 1 aromatic carbocycles. The predicted octanol–water partition coefficient (Wildman–Crippen LogP) is 4.94. The molecule has 0 spiro atoms. The molecular weight excluding hydrogens is 588 g/mol. The van der Waals surface area contributed by atoms with Crippen LogP contribution in [0.15, 0.2) is 30.7 Å². The monoisotopic (exact) mass is 635 g/mol. The number of piperidine rings is 1. The largest absolute Gasteiger partial charge is 0.350 e.